The number of alkyl halides is 3. The highest BCUT2D eigenvalue weighted by molar-refractivity contribution is 6.07. The molecule has 1 aromatic carbocycles. The molecule has 0 aliphatic carbocycles. The van der Waals surface area contributed by atoms with Crippen molar-refractivity contribution in [1.29, 1.82) is 0 Å². The highest BCUT2D eigenvalue weighted by Gasteiger charge is 2.30. The lowest BCUT2D eigenvalue weighted by Crippen LogP contribution is -2.16. The van der Waals surface area contributed by atoms with Crippen molar-refractivity contribution in [2.45, 2.75) is 12.7 Å². The number of carbonyl (C=O) groups is 1. The molecule has 2 N–H and O–H groups in total. The van der Waals surface area contributed by atoms with Crippen LogP contribution in [0.15, 0.2) is 67.1 Å². The Morgan fingerprint density at radius 2 is 1.67 bits per heavy atom. The molecule has 8 heteroatoms. The summed E-state index contributed by atoms with van der Waals surface area (Å²) in [6, 6.07) is 11.1. The Morgan fingerprint density at radius 1 is 0.963 bits per heavy atom. The lowest BCUT2D eigenvalue weighted by Gasteiger charge is -2.12. The van der Waals surface area contributed by atoms with E-state index in [-0.39, 0.29) is 11.3 Å². The summed E-state index contributed by atoms with van der Waals surface area (Å²) in [5.41, 5.74) is 0.731. The van der Waals surface area contributed by atoms with E-state index in [1.165, 1.54) is 12.1 Å². The number of anilines is 2. The summed E-state index contributed by atoms with van der Waals surface area (Å²) >= 11 is 0. The average Bonchev–Trinajstić information content (AvgIpc) is 2.67. The van der Waals surface area contributed by atoms with Gasteiger partial charge in [-0.2, -0.15) is 13.2 Å². The van der Waals surface area contributed by atoms with Crippen LogP contribution in [0.1, 0.15) is 21.5 Å². The quantitative estimate of drug-likeness (QED) is 0.698. The SMILES string of the molecule is O=C(Nc1ccc(C(F)(F)F)cc1)c1cccnc1NCc1ccncc1. The Kier molecular flexibility index (Phi) is 5.35. The van der Waals surface area contributed by atoms with Crippen LogP contribution in [0.25, 0.3) is 0 Å². The summed E-state index contributed by atoms with van der Waals surface area (Å²) in [5.74, 6) is -0.0983. The molecule has 3 aromatic rings. The second-order valence-corrected chi connectivity index (χ2v) is 5.64. The topological polar surface area (TPSA) is 66.9 Å². The number of hydrogen-bond donors (Lipinski definition) is 2. The van der Waals surface area contributed by atoms with E-state index in [1.807, 2.05) is 12.1 Å². The number of nitrogens with one attached hydrogen (secondary N) is 2. The largest absolute Gasteiger partial charge is 0.416 e. The van der Waals surface area contributed by atoms with Gasteiger partial charge in [0.25, 0.3) is 5.91 Å². The monoisotopic (exact) mass is 372 g/mol. The molecular weight excluding hydrogens is 357 g/mol. The van der Waals surface area contributed by atoms with Gasteiger partial charge in [0, 0.05) is 30.8 Å². The third kappa shape index (κ3) is 4.81. The Morgan fingerprint density at radius 3 is 2.33 bits per heavy atom. The van der Waals surface area contributed by atoms with Crippen molar-refractivity contribution in [2.24, 2.45) is 0 Å². The Balaban J connectivity index is 1.71. The van der Waals surface area contributed by atoms with Gasteiger partial charge >= 0.3 is 6.18 Å². The summed E-state index contributed by atoms with van der Waals surface area (Å²) in [6.45, 7) is 0.445. The van der Waals surface area contributed by atoms with Crippen molar-refractivity contribution >= 4 is 17.4 Å². The van der Waals surface area contributed by atoms with E-state index in [1.54, 1.807) is 30.7 Å². The van der Waals surface area contributed by atoms with Gasteiger partial charge in [0.2, 0.25) is 0 Å². The van der Waals surface area contributed by atoms with Gasteiger partial charge in [-0.05, 0) is 54.1 Å². The first-order valence-electron chi connectivity index (χ1n) is 8.00. The summed E-state index contributed by atoms with van der Waals surface area (Å²) in [7, 11) is 0. The molecule has 2 aromatic heterocycles. The van der Waals surface area contributed by atoms with E-state index < -0.39 is 17.6 Å². The first-order chi connectivity index (χ1) is 12.9. The Labute approximate surface area is 153 Å². The van der Waals surface area contributed by atoms with Gasteiger partial charge in [-0.1, -0.05) is 0 Å². The fourth-order valence-corrected chi connectivity index (χ4v) is 2.36. The molecule has 0 fully saturated rings. The van der Waals surface area contributed by atoms with Crippen molar-refractivity contribution in [2.75, 3.05) is 10.6 Å². The molecule has 0 atom stereocenters. The summed E-state index contributed by atoms with van der Waals surface area (Å²) < 4.78 is 37.9. The predicted molar refractivity (Wildman–Crippen MR) is 95.2 cm³/mol. The Hall–Kier alpha value is -3.42. The summed E-state index contributed by atoms with van der Waals surface area (Å²) in [5, 5.41) is 5.66. The van der Waals surface area contributed by atoms with Gasteiger partial charge in [-0.3, -0.25) is 9.78 Å². The van der Waals surface area contributed by atoms with Gasteiger partial charge in [0.05, 0.1) is 11.1 Å². The van der Waals surface area contributed by atoms with Crippen molar-refractivity contribution in [1.82, 2.24) is 9.97 Å². The van der Waals surface area contributed by atoms with Crippen LogP contribution in [0, 0.1) is 0 Å². The van der Waals surface area contributed by atoms with E-state index in [0.717, 1.165) is 17.7 Å². The van der Waals surface area contributed by atoms with Crippen LogP contribution in [0.3, 0.4) is 0 Å². The zero-order valence-electron chi connectivity index (χ0n) is 14.0. The minimum Gasteiger partial charge on any atom is -0.365 e. The molecule has 0 saturated carbocycles. The lowest BCUT2D eigenvalue weighted by molar-refractivity contribution is -0.137. The third-order valence-electron chi connectivity index (χ3n) is 3.73. The number of amides is 1. The molecule has 2 heterocycles. The molecule has 0 saturated heterocycles. The number of carbonyl (C=O) groups excluding carboxylic acids is 1. The van der Waals surface area contributed by atoms with Gasteiger partial charge in [0.1, 0.15) is 5.82 Å². The number of rotatable bonds is 5. The number of benzene rings is 1. The molecule has 1 amide bonds. The maximum atomic E-state index is 12.6. The van der Waals surface area contributed by atoms with Crippen molar-refractivity contribution in [3.05, 3.63) is 83.8 Å². The summed E-state index contributed by atoms with van der Waals surface area (Å²) in [4.78, 5) is 20.6. The standard InChI is InChI=1S/C19H15F3N4O/c20-19(21,22)14-3-5-15(6-4-14)26-18(27)16-2-1-9-24-17(16)25-12-13-7-10-23-11-8-13/h1-11H,12H2,(H,24,25)(H,26,27). The third-order valence-corrected chi connectivity index (χ3v) is 3.73. The van der Waals surface area contributed by atoms with E-state index in [0.29, 0.717) is 12.4 Å². The zero-order valence-corrected chi connectivity index (χ0v) is 14.0. The first-order valence-corrected chi connectivity index (χ1v) is 8.00. The van der Waals surface area contributed by atoms with Gasteiger partial charge in [-0.15, -0.1) is 0 Å². The zero-order chi connectivity index (χ0) is 19.3. The van der Waals surface area contributed by atoms with Crippen LogP contribution in [0.4, 0.5) is 24.7 Å². The highest BCUT2D eigenvalue weighted by atomic mass is 19.4. The molecule has 0 aliphatic rings. The number of hydrogen-bond acceptors (Lipinski definition) is 4. The fraction of sp³-hybridized carbons (Fsp3) is 0.105. The van der Waals surface area contributed by atoms with E-state index in [9.17, 15) is 18.0 Å². The van der Waals surface area contributed by atoms with E-state index >= 15 is 0 Å². The van der Waals surface area contributed by atoms with Crippen LogP contribution in [-0.2, 0) is 12.7 Å². The number of aromatic nitrogens is 2. The number of pyridine rings is 2. The van der Waals surface area contributed by atoms with Gasteiger partial charge < -0.3 is 10.6 Å². The summed E-state index contributed by atoms with van der Waals surface area (Å²) in [6.07, 6.45) is 0.445. The van der Waals surface area contributed by atoms with Crippen LogP contribution in [-0.4, -0.2) is 15.9 Å². The number of halogens is 3. The molecule has 0 bridgehead atoms. The van der Waals surface area contributed by atoms with Crippen LogP contribution in [0.2, 0.25) is 0 Å². The van der Waals surface area contributed by atoms with Crippen LogP contribution in [0.5, 0.6) is 0 Å². The molecule has 0 aliphatic heterocycles. The van der Waals surface area contributed by atoms with E-state index in [2.05, 4.69) is 20.6 Å². The predicted octanol–water partition coefficient (Wildman–Crippen LogP) is 4.36. The average molecular weight is 372 g/mol. The molecule has 138 valence electrons. The van der Waals surface area contributed by atoms with Crippen LogP contribution >= 0.6 is 0 Å². The van der Waals surface area contributed by atoms with Crippen LogP contribution < -0.4 is 10.6 Å². The minimum absolute atomic E-state index is 0.261. The maximum Gasteiger partial charge on any atom is 0.416 e. The van der Waals surface area contributed by atoms with E-state index in [4.69, 9.17) is 0 Å². The normalized spacial score (nSPS) is 11.1. The lowest BCUT2D eigenvalue weighted by atomic mass is 10.2. The second kappa shape index (κ2) is 7.86. The van der Waals surface area contributed by atoms with Crippen molar-refractivity contribution in [3.63, 3.8) is 0 Å². The molecule has 0 unspecified atom stereocenters. The molecular formula is C19H15F3N4O. The van der Waals surface area contributed by atoms with Gasteiger partial charge in [-0.25, -0.2) is 4.98 Å². The fourth-order valence-electron chi connectivity index (χ4n) is 2.36. The van der Waals surface area contributed by atoms with Gasteiger partial charge in [0.15, 0.2) is 0 Å². The maximum absolute atomic E-state index is 12.6. The molecule has 0 radical (unpaired) electrons. The number of nitrogens with zero attached hydrogens (tertiary/aromatic N) is 2. The molecule has 3 rings (SSSR count). The minimum atomic E-state index is -4.42. The van der Waals surface area contributed by atoms with Crippen molar-refractivity contribution < 1.29 is 18.0 Å². The van der Waals surface area contributed by atoms with Crippen molar-refractivity contribution in [3.8, 4) is 0 Å². The molecule has 0 spiro atoms. The Bertz CT molecular complexity index is 912. The molecule has 27 heavy (non-hydrogen) atoms. The molecule has 5 nitrogen and oxygen atoms in total. The smallest absolute Gasteiger partial charge is 0.365 e. The first kappa shape index (κ1) is 18.4. The highest BCUT2D eigenvalue weighted by Crippen LogP contribution is 2.30. The second-order valence-electron chi connectivity index (χ2n) is 5.64.